The van der Waals surface area contributed by atoms with Gasteiger partial charge in [-0.25, -0.2) is 4.98 Å². The summed E-state index contributed by atoms with van der Waals surface area (Å²) >= 11 is 0. The lowest BCUT2D eigenvalue weighted by molar-refractivity contribution is -0.385. The smallest absolute Gasteiger partial charge is 0.305 e. The molecule has 0 aliphatic heterocycles. The minimum atomic E-state index is -0.608. The molecule has 1 heterocycles. The molecule has 0 saturated heterocycles. The maximum absolute atomic E-state index is 10.7. The Hall–Kier alpha value is -2.94. The number of anilines is 1. The van der Waals surface area contributed by atoms with Crippen molar-refractivity contribution >= 4 is 11.5 Å². The second-order valence-electron chi connectivity index (χ2n) is 4.54. The molecule has 106 valence electrons. The fourth-order valence-electron chi connectivity index (χ4n) is 2.00. The first-order valence-electron chi connectivity index (χ1n) is 6.45. The van der Waals surface area contributed by atoms with Crippen molar-refractivity contribution in [1.82, 2.24) is 4.98 Å². The highest BCUT2D eigenvalue weighted by atomic mass is 16.6. The Bertz CT molecular complexity index is 707. The Labute approximate surface area is 122 Å². The molecule has 0 atom stereocenters. The number of hydrogen-bond acceptors (Lipinski definition) is 5. The molecule has 0 fully saturated rings. The van der Waals surface area contributed by atoms with E-state index >= 15 is 0 Å². The molecule has 1 aromatic carbocycles. The van der Waals surface area contributed by atoms with Gasteiger partial charge in [0.1, 0.15) is 11.9 Å². The van der Waals surface area contributed by atoms with Crippen LogP contribution in [0.25, 0.3) is 0 Å². The van der Waals surface area contributed by atoms with Gasteiger partial charge in [-0.1, -0.05) is 24.3 Å². The van der Waals surface area contributed by atoms with Gasteiger partial charge in [0, 0.05) is 12.6 Å². The van der Waals surface area contributed by atoms with E-state index in [0.717, 1.165) is 6.42 Å². The molecule has 1 aromatic heterocycles. The van der Waals surface area contributed by atoms with Gasteiger partial charge in [-0.2, -0.15) is 5.26 Å². The summed E-state index contributed by atoms with van der Waals surface area (Å²) in [7, 11) is 0. The largest absolute Gasteiger partial charge is 0.370 e. The van der Waals surface area contributed by atoms with E-state index in [-0.39, 0.29) is 11.4 Å². The highest BCUT2D eigenvalue weighted by Gasteiger charge is 2.15. The van der Waals surface area contributed by atoms with Crippen LogP contribution in [0.1, 0.15) is 16.8 Å². The molecular weight excluding hydrogens is 268 g/mol. The van der Waals surface area contributed by atoms with Crippen molar-refractivity contribution in [3.63, 3.8) is 0 Å². The first kappa shape index (κ1) is 14.5. The van der Waals surface area contributed by atoms with E-state index in [1.807, 2.05) is 25.1 Å². The third-order valence-electron chi connectivity index (χ3n) is 3.14. The zero-order valence-corrected chi connectivity index (χ0v) is 11.5. The summed E-state index contributed by atoms with van der Waals surface area (Å²) in [5.74, 6) is 0.464. The van der Waals surface area contributed by atoms with E-state index in [2.05, 4.69) is 16.4 Å². The molecule has 21 heavy (non-hydrogen) atoms. The topological polar surface area (TPSA) is 91.9 Å². The van der Waals surface area contributed by atoms with Gasteiger partial charge in [0.25, 0.3) is 0 Å². The summed E-state index contributed by atoms with van der Waals surface area (Å²) < 4.78 is 0. The van der Waals surface area contributed by atoms with Gasteiger partial charge < -0.3 is 5.32 Å². The normalized spacial score (nSPS) is 9.90. The van der Waals surface area contributed by atoms with Crippen molar-refractivity contribution in [2.75, 3.05) is 11.9 Å². The lowest BCUT2D eigenvalue weighted by atomic mass is 10.1. The summed E-state index contributed by atoms with van der Waals surface area (Å²) in [6.07, 6.45) is 0.813. The Kier molecular flexibility index (Phi) is 4.46. The van der Waals surface area contributed by atoms with Gasteiger partial charge in [-0.15, -0.1) is 0 Å². The third kappa shape index (κ3) is 3.54. The van der Waals surface area contributed by atoms with Crippen LogP contribution in [0.2, 0.25) is 0 Å². The van der Waals surface area contributed by atoms with Crippen molar-refractivity contribution in [3.8, 4) is 6.07 Å². The highest BCUT2D eigenvalue weighted by molar-refractivity contribution is 5.50. The summed E-state index contributed by atoms with van der Waals surface area (Å²) in [4.78, 5) is 14.1. The average Bonchev–Trinajstić information content (AvgIpc) is 2.48. The molecule has 0 aliphatic carbocycles. The highest BCUT2D eigenvalue weighted by Crippen LogP contribution is 2.18. The van der Waals surface area contributed by atoms with Crippen LogP contribution in [0.15, 0.2) is 36.4 Å². The van der Waals surface area contributed by atoms with Crippen LogP contribution in [0, 0.1) is 28.4 Å². The van der Waals surface area contributed by atoms with Crippen LogP contribution >= 0.6 is 0 Å². The standard InChI is InChI=1S/C15H14N4O2/c1-11-4-2-3-5-12(11)8-9-17-15-7-6-14(19(20)21)13(10-16)18-15/h2-7H,8-9H2,1H3,(H,17,18). The zero-order valence-electron chi connectivity index (χ0n) is 11.5. The fourth-order valence-corrected chi connectivity index (χ4v) is 2.00. The number of hydrogen-bond donors (Lipinski definition) is 1. The van der Waals surface area contributed by atoms with Crippen LogP contribution in [0.5, 0.6) is 0 Å². The molecule has 0 aliphatic rings. The fraction of sp³-hybridized carbons (Fsp3) is 0.200. The molecule has 0 unspecified atom stereocenters. The first-order valence-corrected chi connectivity index (χ1v) is 6.45. The van der Waals surface area contributed by atoms with E-state index in [0.29, 0.717) is 12.4 Å². The zero-order chi connectivity index (χ0) is 15.2. The number of nitro groups is 1. The predicted octanol–water partition coefficient (Wildman–Crippen LogP) is 2.82. The maximum Gasteiger partial charge on any atom is 0.305 e. The van der Waals surface area contributed by atoms with Crippen LogP contribution in [-0.4, -0.2) is 16.5 Å². The van der Waals surface area contributed by atoms with Gasteiger partial charge in [-0.05, 0) is 30.5 Å². The first-order chi connectivity index (χ1) is 10.1. The predicted molar refractivity (Wildman–Crippen MR) is 79.0 cm³/mol. The summed E-state index contributed by atoms with van der Waals surface area (Å²) in [6, 6.07) is 12.6. The Morgan fingerprint density at radius 1 is 1.33 bits per heavy atom. The summed E-state index contributed by atoms with van der Waals surface area (Å²) in [5, 5.41) is 22.7. The SMILES string of the molecule is Cc1ccccc1CCNc1ccc([N+](=O)[O-])c(C#N)n1. The summed E-state index contributed by atoms with van der Waals surface area (Å²) in [5.41, 5.74) is 1.99. The van der Waals surface area contributed by atoms with Crippen molar-refractivity contribution in [1.29, 1.82) is 5.26 Å². The second kappa shape index (κ2) is 6.48. The van der Waals surface area contributed by atoms with Gasteiger partial charge in [0.2, 0.25) is 5.69 Å². The quantitative estimate of drug-likeness (QED) is 0.672. The number of nitrogens with zero attached hydrogens (tertiary/aromatic N) is 3. The maximum atomic E-state index is 10.7. The molecule has 6 heteroatoms. The number of aromatic nitrogens is 1. The molecule has 0 saturated carbocycles. The van der Waals surface area contributed by atoms with Crippen molar-refractivity contribution in [3.05, 3.63) is 63.3 Å². The van der Waals surface area contributed by atoms with E-state index in [1.54, 1.807) is 6.07 Å². The van der Waals surface area contributed by atoms with E-state index in [9.17, 15) is 10.1 Å². The van der Waals surface area contributed by atoms with Crippen LogP contribution in [0.4, 0.5) is 11.5 Å². The van der Waals surface area contributed by atoms with E-state index < -0.39 is 4.92 Å². The van der Waals surface area contributed by atoms with Gasteiger partial charge in [0.05, 0.1) is 4.92 Å². The molecule has 0 amide bonds. The molecule has 0 radical (unpaired) electrons. The molecule has 1 N–H and O–H groups in total. The minimum Gasteiger partial charge on any atom is -0.370 e. The Balaban J connectivity index is 2.03. The summed E-state index contributed by atoms with van der Waals surface area (Å²) in [6.45, 7) is 2.69. The van der Waals surface area contributed by atoms with E-state index in [1.165, 1.54) is 23.3 Å². The Morgan fingerprint density at radius 2 is 2.10 bits per heavy atom. The number of aryl methyl sites for hydroxylation is 1. The molecule has 0 bridgehead atoms. The van der Waals surface area contributed by atoms with Gasteiger partial charge in [-0.3, -0.25) is 10.1 Å². The monoisotopic (exact) mass is 282 g/mol. The van der Waals surface area contributed by atoms with Gasteiger partial charge >= 0.3 is 5.69 Å². The van der Waals surface area contributed by atoms with Crippen molar-refractivity contribution < 1.29 is 4.92 Å². The number of rotatable bonds is 5. The molecule has 6 nitrogen and oxygen atoms in total. The average molecular weight is 282 g/mol. The number of nitrogens with one attached hydrogen (secondary N) is 1. The second-order valence-corrected chi connectivity index (χ2v) is 4.54. The van der Waals surface area contributed by atoms with Crippen molar-refractivity contribution in [2.45, 2.75) is 13.3 Å². The minimum absolute atomic E-state index is 0.180. The molecule has 2 aromatic rings. The van der Waals surface area contributed by atoms with Crippen LogP contribution < -0.4 is 5.32 Å². The van der Waals surface area contributed by atoms with Crippen LogP contribution in [-0.2, 0) is 6.42 Å². The lowest BCUT2D eigenvalue weighted by Crippen LogP contribution is -2.08. The molecule has 2 rings (SSSR count). The van der Waals surface area contributed by atoms with Crippen LogP contribution in [0.3, 0.4) is 0 Å². The number of nitriles is 1. The van der Waals surface area contributed by atoms with Gasteiger partial charge in [0.15, 0.2) is 0 Å². The molecular formula is C15H14N4O2. The van der Waals surface area contributed by atoms with Crippen molar-refractivity contribution in [2.24, 2.45) is 0 Å². The number of benzene rings is 1. The molecule has 0 spiro atoms. The Morgan fingerprint density at radius 3 is 2.76 bits per heavy atom. The van der Waals surface area contributed by atoms with E-state index in [4.69, 9.17) is 5.26 Å². The third-order valence-corrected chi connectivity index (χ3v) is 3.14. The number of pyridine rings is 1. The lowest BCUT2D eigenvalue weighted by Gasteiger charge is -2.08.